The van der Waals surface area contributed by atoms with E-state index >= 15 is 0 Å². The summed E-state index contributed by atoms with van der Waals surface area (Å²) in [5.74, 6) is 0. The second-order valence-electron chi connectivity index (χ2n) is 15.3. The SMILES string of the molecule is c1ccc(C2=C3C(=C(c4ccccc4)c4cc(-c5ccccc5)c(-c5ccccc5)cc43)C(c3ccc(-c4ccccc4)nc3)=C2c2ccc(-c3ccccc3)nc2)cc1. The molecular formula is C58H38N2. The van der Waals surface area contributed by atoms with Gasteiger partial charge in [-0.15, -0.1) is 0 Å². The molecule has 0 saturated carbocycles. The Bertz CT molecular complexity index is 3090. The molecule has 0 bridgehead atoms. The number of hydrogen-bond acceptors (Lipinski definition) is 2. The summed E-state index contributed by atoms with van der Waals surface area (Å²) in [6.45, 7) is 0. The van der Waals surface area contributed by atoms with E-state index in [2.05, 4.69) is 219 Å². The second-order valence-corrected chi connectivity index (χ2v) is 15.3. The average Bonchev–Trinajstić information content (AvgIpc) is 3.85. The Morgan fingerprint density at radius 3 is 0.900 bits per heavy atom. The highest BCUT2D eigenvalue weighted by Crippen LogP contribution is 2.62. The van der Waals surface area contributed by atoms with Crippen molar-refractivity contribution < 1.29 is 0 Å². The predicted molar refractivity (Wildman–Crippen MR) is 249 cm³/mol. The average molecular weight is 763 g/mol. The Balaban J connectivity index is 1.25. The minimum atomic E-state index is 0.941. The summed E-state index contributed by atoms with van der Waals surface area (Å²) in [5, 5.41) is 0. The van der Waals surface area contributed by atoms with Gasteiger partial charge in [0.2, 0.25) is 0 Å². The standard InChI is InChI=1S/C58H38N2/c1-7-19-39(20-8-1)47-35-49-50(36-48(47)40-21-9-2-10-22-40)57-54(44-29-17-6-18-30-44)55(45-31-33-51(59-37-45)41-23-11-3-12-24-41)56(58(57)53(49)43-27-15-5-16-28-43)46-32-34-52(60-38-46)42-25-13-4-14-26-42/h1-38H. The normalized spacial score (nSPS) is 13.1. The number of rotatable bonds is 8. The molecule has 2 heterocycles. The van der Waals surface area contributed by atoms with Crippen molar-refractivity contribution in [2.75, 3.05) is 0 Å². The lowest BCUT2D eigenvalue weighted by atomic mass is 9.85. The topological polar surface area (TPSA) is 25.8 Å². The molecule has 9 aromatic rings. The van der Waals surface area contributed by atoms with E-state index in [0.29, 0.717) is 0 Å². The molecule has 280 valence electrons. The molecule has 0 unspecified atom stereocenters. The summed E-state index contributed by atoms with van der Waals surface area (Å²) in [5.41, 5.74) is 22.9. The van der Waals surface area contributed by atoms with Crippen molar-refractivity contribution in [2.45, 2.75) is 0 Å². The first kappa shape index (κ1) is 35.2. The molecule has 0 spiro atoms. The molecule has 11 rings (SSSR count). The van der Waals surface area contributed by atoms with Crippen LogP contribution in [0.5, 0.6) is 0 Å². The van der Waals surface area contributed by atoms with Crippen molar-refractivity contribution in [1.82, 2.24) is 9.97 Å². The molecule has 0 fully saturated rings. The quantitative estimate of drug-likeness (QED) is 0.154. The third kappa shape index (κ3) is 6.14. The molecule has 2 aliphatic carbocycles. The monoisotopic (exact) mass is 762 g/mol. The lowest BCUT2D eigenvalue weighted by Gasteiger charge is -2.19. The third-order valence-corrected chi connectivity index (χ3v) is 11.7. The van der Waals surface area contributed by atoms with Crippen LogP contribution in [-0.4, -0.2) is 9.97 Å². The Kier molecular flexibility index (Phi) is 8.87. The third-order valence-electron chi connectivity index (χ3n) is 11.7. The van der Waals surface area contributed by atoms with Gasteiger partial charge in [0.25, 0.3) is 0 Å². The molecule has 0 atom stereocenters. The summed E-state index contributed by atoms with van der Waals surface area (Å²) < 4.78 is 0. The van der Waals surface area contributed by atoms with E-state index in [9.17, 15) is 0 Å². The van der Waals surface area contributed by atoms with Crippen LogP contribution in [0.4, 0.5) is 0 Å². The Morgan fingerprint density at radius 2 is 0.517 bits per heavy atom. The van der Waals surface area contributed by atoms with Crippen LogP contribution >= 0.6 is 0 Å². The fourth-order valence-corrected chi connectivity index (χ4v) is 9.02. The van der Waals surface area contributed by atoms with Crippen LogP contribution in [0, 0.1) is 0 Å². The molecule has 0 radical (unpaired) electrons. The lowest BCUT2D eigenvalue weighted by Crippen LogP contribution is -1.98. The van der Waals surface area contributed by atoms with Gasteiger partial charge in [0, 0.05) is 45.8 Å². The Hall–Kier alpha value is -7.94. The molecule has 0 amide bonds. The maximum Gasteiger partial charge on any atom is 0.0702 e. The minimum Gasteiger partial charge on any atom is -0.256 e. The van der Waals surface area contributed by atoms with Gasteiger partial charge in [-0.2, -0.15) is 0 Å². The zero-order chi connectivity index (χ0) is 39.8. The van der Waals surface area contributed by atoms with E-state index in [1.54, 1.807) is 0 Å². The number of benzene rings is 7. The smallest absolute Gasteiger partial charge is 0.0702 e. The molecule has 2 heteroatoms. The molecule has 60 heavy (non-hydrogen) atoms. The van der Waals surface area contributed by atoms with Crippen molar-refractivity contribution in [2.24, 2.45) is 0 Å². The number of hydrogen-bond donors (Lipinski definition) is 0. The van der Waals surface area contributed by atoms with Crippen LogP contribution in [0.1, 0.15) is 33.4 Å². The van der Waals surface area contributed by atoms with E-state index in [-0.39, 0.29) is 0 Å². The molecule has 2 aromatic heterocycles. The van der Waals surface area contributed by atoms with E-state index in [0.717, 1.165) is 50.4 Å². The first-order valence-corrected chi connectivity index (χ1v) is 20.5. The number of fused-ring (bicyclic) bond motifs is 3. The highest BCUT2D eigenvalue weighted by atomic mass is 14.7. The predicted octanol–water partition coefficient (Wildman–Crippen LogP) is 14.5. The maximum atomic E-state index is 5.15. The lowest BCUT2D eigenvalue weighted by molar-refractivity contribution is 1.30. The Labute approximate surface area is 350 Å². The first-order chi connectivity index (χ1) is 29.8. The van der Waals surface area contributed by atoms with E-state index < -0.39 is 0 Å². The number of pyridine rings is 2. The van der Waals surface area contributed by atoms with Gasteiger partial charge in [0.05, 0.1) is 11.4 Å². The van der Waals surface area contributed by atoms with Gasteiger partial charge < -0.3 is 0 Å². The number of nitrogens with zero attached hydrogens (tertiary/aromatic N) is 2. The summed E-state index contributed by atoms with van der Waals surface area (Å²) in [6.07, 6.45) is 4.13. The molecule has 2 nitrogen and oxygen atoms in total. The molecule has 0 aliphatic heterocycles. The zero-order valence-electron chi connectivity index (χ0n) is 32.8. The molecule has 2 aliphatic rings. The van der Waals surface area contributed by atoms with Crippen molar-refractivity contribution in [3.63, 3.8) is 0 Å². The van der Waals surface area contributed by atoms with Gasteiger partial charge in [0.15, 0.2) is 0 Å². The van der Waals surface area contributed by atoms with Gasteiger partial charge in [0.1, 0.15) is 0 Å². The van der Waals surface area contributed by atoms with Gasteiger partial charge in [-0.3, -0.25) is 9.97 Å². The van der Waals surface area contributed by atoms with Gasteiger partial charge in [-0.25, -0.2) is 0 Å². The Morgan fingerprint density at radius 1 is 0.200 bits per heavy atom. The van der Waals surface area contributed by atoms with Crippen LogP contribution in [-0.2, 0) is 0 Å². The van der Waals surface area contributed by atoms with E-state index in [1.165, 1.54) is 61.2 Å². The summed E-state index contributed by atoms with van der Waals surface area (Å²) in [6, 6.07) is 78.0. The van der Waals surface area contributed by atoms with Gasteiger partial charge >= 0.3 is 0 Å². The molecule has 0 saturated heterocycles. The zero-order valence-corrected chi connectivity index (χ0v) is 32.8. The number of aromatic nitrogens is 2. The second kappa shape index (κ2) is 15.1. The highest BCUT2D eigenvalue weighted by molar-refractivity contribution is 6.39. The van der Waals surface area contributed by atoms with Crippen LogP contribution in [0.3, 0.4) is 0 Å². The summed E-state index contributed by atoms with van der Waals surface area (Å²) >= 11 is 0. The largest absolute Gasteiger partial charge is 0.256 e. The van der Waals surface area contributed by atoms with Crippen molar-refractivity contribution in [3.8, 4) is 44.8 Å². The van der Waals surface area contributed by atoms with E-state index in [1.807, 2.05) is 12.1 Å². The van der Waals surface area contributed by atoms with Crippen LogP contribution < -0.4 is 0 Å². The fourth-order valence-electron chi connectivity index (χ4n) is 9.02. The van der Waals surface area contributed by atoms with Crippen molar-refractivity contribution >= 4 is 27.9 Å². The van der Waals surface area contributed by atoms with Crippen LogP contribution in [0.15, 0.2) is 236 Å². The van der Waals surface area contributed by atoms with Crippen LogP contribution in [0.2, 0.25) is 0 Å². The van der Waals surface area contributed by atoms with E-state index in [4.69, 9.17) is 9.97 Å². The first-order valence-electron chi connectivity index (χ1n) is 20.5. The van der Waals surface area contributed by atoms with Crippen molar-refractivity contribution in [3.05, 3.63) is 270 Å². The summed E-state index contributed by atoms with van der Waals surface area (Å²) in [7, 11) is 0. The van der Waals surface area contributed by atoms with Crippen LogP contribution in [0.25, 0.3) is 72.6 Å². The molecule has 0 N–H and O–H groups in total. The highest BCUT2D eigenvalue weighted by Gasteiger charge is 2.41. The van der Waals surface area contributed by atoms with Crippen molar-refractivity contribution in [1.29, 1.82) is 0 Å². The number of allylic oxidation sites excluding steroid dienone is 5. The molecule has 7 aromatic carbocycles. The minimum absolute atomic E-state index is 0.941. The van der Waals surface area contributed by atoms with Gasteiger partial charge in [-0.05, 0) is 91.1 Å². The maximum absolute atomic E-state index is 5.15. The van der Waals surface area contributed by atoms with Gasteiger partial charge in [-0.1, -0.05) is 194 Å². The molecular weight excluding hydrogens is 725 g/mol. The fraction of sp³-hybridized carbons (Fsp3) is 0. The summed E-state index contributed by atoms with van der Waals surface area (Å²) in [4.78, 5) is 10.3.